The molecule has 0 radical (unpaired) electrons. The van der Waals surface area contributed by atoms with Gasteiger partial charge in [-0.05, 0) is 12.1 Å². The van der Waals surface area contributed by atoms with E-state index in [-0.39, 0.29) is 15.6 Å². The van der Waals surface area contributed by atoms with E-state index in [1.807, 2.05) is 0 Å². The predicted octanol–water partition coefficient (Wildman–Crippen LogP) is 3.67. The number of rotatable bonds is 1. The van der Waals surface area contributed by atoms with Gasteiger partial charge in [0.1, 0.15) is 0 Å². The van der Waals surface area contributed by atoms with Crippen LogP contribution in [0.15, 0.2) is 18.2 Å². The second kappa shape index (κ2) is 4.27. The fourth-order valence-corrected chi connectivity index (χ4v) is 1.11. The Labute approximate surface area is 85.0 Å². The number of nitrogens with zero attached hydrogens (tertiary/aromatic N) is 1. The molecular formula is C9H4Cl2FN. The number of hydrogen-bond donors (Lipinski definition) is 0. The highest BCUT2D eigenvalue weighted by molar-refractivity contribution is 6.42. The molecule has 13 heavy (non-hydrogen) atoms. The van der Waals surface area contributed by atoms with E-state index in [0.717, 1.165) is 0 Å². The molecular weight excluding hydrogens is 212 g/mol. The third-order valence-electron chi connectivity index (χ3n) is 1.40. The average Bonchev–Trinajstić information content (AvgIpc) is 2.13. The summed E-state index contributed by atoms with van der Waals surface area (Å²) in [5.41, 5.74) is 0.246. The van der Waals surface area contributed by atoms with E-state index in [1.165, 1.54) is 24.3 Å². The highest BCUT2D eigenvalue weighted by atomic mass is 35.5. The fraction of sp³-hybridized carbons (Fsp3) is 0. The highest BCUT2D eigenvalue weighted by Crippen LogP contribution is 2.27. The normalized spacial score (nSPS) is 10.3. The van der Waals surface area contributed by atoms with Crippen LogP contribution < -0.4 is 0 Å². The van der Waals surface area contributed by atoms with Crippen LogP contribution in [0.2, 0.25) is 10.0 Å². The molecule has 66 valence electrons. The Balaban J connectivity index is 3.20. The van der Waals surface area contributed by atoms with Crippen molar-refractivity contribution in [3.05, 3.63) is 39.6 Å². The first-order valence-corrected chi connectivity index (χ1v) is 4.12. The lowest BCUT2D eigenvalue weighted by molar-refractivity contribution is 0.625. The third-order valence-corrected chi connectivity index (χ3v) is 2.18. The zero-order valence-corrected chi connectivity index (χ0v) is 7.90. The van der Waals surface area contributed by atoms with Gasteiger partial charge in [0.15, 0.2) is 5.82 Å². The van der Waals surface area contributed by atoms with E-state index in [1.54, 1.807) is 6.07 Å². The summed E-state index contributed by atoms with van der Waals surface area (Å²) in [6, 6.07) is 4.69. The van der Waals surface area contributed by atoms with Crippen molar-refractivity contribution in [3.8, 4) is 6.07 Å². The molecule has 1 aromatic carbocycles. The lowest BCUT2D eigenvalue weighted by Crippen LogP contribution is -1.83. The molecule has 1 nitrogen and oxygen atoms in total. The summed E-state index contributed by atoms with van der Waals surface area (Å²) in [6.07, 6.45) is 2.50. The second-order valence-corrected chi connectivity index (χ2v) is 3.01. The van der Waals surface area contributed by atoms with Crippen molar-refractivity contribution in [2.75, 3.05) is 0 Å². The minimum absolute atomic E-state index is 0.123. The van der Waals surface area contributed by atoms with Crippen LogP contribution in [-0.2, 0) is 0 Å². The number of halogens is 3. The molecule has 1 aromatic rings. The fourth-order valence-electron chi connectivity index (χ4n) is 0.797. The molecule has 0 unspecified atom stereocenters. The minimum Gasteiger partial charge on any atom is -0.205 e. The van der Waals surface area contributed by atoms with Crippen LogP contribution in [0.5, 0.6) is 0 Å². The largest absolute Gasteiger partial charge is 0.205 e. The van der Waals surface area contributed by atoms with E-state index in [4.69, 9.17) is 28.5 Å². The number of benzene rings is 1. The molecule has 0 aliphatic carbocycles. The maximum absolute atomic E-state index is 13.2. The van der Waals surface area contributed by atoms with E-state index in [0.29, 0.717) is 0 Å². The smallest absolute Gasteiger partial charge is 0.150 e. The van der Waals surface area contributed by atoms with Gasteiger partial charge in [-0.2, -0.15) is 5.26 Å². The minimum atomic E-state index is -0.610. The van der Waals surface area contributed by atoms with Gasteiger partial charge in [-0.15, -0.1) is 0 Å². The van der Waals surface area contributed by atoms with Crippen molar-refractivity contribution in [1.29, 1.82) is 5.26 Å². The molecule has 0 spiro atoms. The van der Waals surface area contributed by atoms with Gasteiger partial charge in [-0.1, -0.05) is 29.3 Å². The lowest BCUT2D eigenvalue weighted by Gasteiger charge is -2.00. The molecule has 0 atom stereocenters. The van der Waals surface area contributed by atoms with E-state index in [9.17, 15) is 4.39 Å². The Kier molecular flexibility index (Phi) is 3.30. The van der Waals surface area contributed by atoms with Crippen LogP contribution in [0.4, 0.5) is 4.39 Å². The molecule has 0 saturated carbocycles. The second-order valence-electron chi connectivity index (χ2n) is 2.23. The first-order valence-electron chi connectivity index (χ1n) is 3.36. The van der Waals surface area contributed by atoms with Crippen LogP contribution in [-0.4, -0.2) is 0 Å². The summed E-state index contributed by atoms with van der Waals surface area (Å²) in [4.78, 5) is 0. The van der Waals surface area contributed by atoms with Gasteiger partial charge in [-0.3, -0.25) is 0 Å². The summed E-state index contributed by atoms with van der Waals surface area (Å²) < 4.78 is 13.2. The number of allylic oxidation sites excluding steroid dienone is 1. The average molecular weight is 216 g/mol. The maximum Gasteiger partial charge on any atom is 0.150 e. The molecule has 0 fully saturated rings. The maximum atomic E-state index is 13.2. The molecule has 1 rings (SSSR count). The van der Waals surface area contributed by atoms with E-state index < -0.39 is 5.82 Å². The van der Waals surface area contributed by atoms with Crippen molar-refractivity contribution < 1.29 is 4.39 Å². The molecule has 0 aliphatic heterocycles. The quantitative estimate of drug-likeness (QED) is 0.518. The summed E-state index contributed by atoms with van der Waals surface area (Å²) >= 11 is 11.1. The first kappa shape index (κ1) is 10.0. The third kappa shape index (κ3) is 2.21. The van der Waals surface area contributed by atoms with Gasteiger partial charge in [0.25, 0.3) is 0 Å². The summed E-state index contributed by atoms with van der Waals surface area (Å²) in [6.45, 7) is 0. The van der Waals surface area contributed by atoms with Crippen molar-refractivity contribution in [2.24, 2.45) is 0 Å². The van der Waals surface area contributed by atoms with Crippen LogP contribution in [0.25, 0.3) is 6.08 Å². The van der Waals surface area contributed by atoms with E-state index >= 15 is 0 Å². The van der Waals surface area contributed by atoms with Crippen molar-refractivity contribution >= 4 is 29.3 Å². The Morgan fingerprint density at radius 2 is 2.08 bits per heavy atom. The topological polar surface area (TPSA) is 23.8 Å². The zero-order valence-electron chi connectivity index (χ0n) is 6.39. The van der Waals surface area contributed by atoms with Crippen LogP contribution >= 0.6 is 23.2 Å². The SMILES string of the molecule is N#C/C=C/c1ccc(Cl)c(Cl)c1F. The first-order chi connectivity index (χ1) is 6.16. The predicted molar refractivity (Wildman–Crippen MR) is 51.1 cm³/mol. The van der Waals surface area contributed by atoms with Gasteiger partial charge < -0.3 is 0 Å². The zero-order chi connectivity index (χ0) is 9.84. The molecule has 0 heterocycles. The van der Waals surface area contributed by atoms with E-state index in [2.05, 4.69) is 0 Å². The van der Waals surface area contributed by atoms with Gasteiger partial charge in [-0.25, -0.2) is 4.39 Å². The molecule has 0 N–H and O–H groups in total. The lowest BCUT2D eigenvalue weighted by atomic mass is 10.2. The molecule has 0 amide bonds. The summed E-state index contributed by atoms with van der Waals surface area (Å²) in [5.74, 6) is -0.610. The van der Waals surface area contributed by atoms with Crippen LogP contribution in [0.3, 0.4) is 0 Å². The van der Waals surface area contributed by atoms with Gasteiger partial charge in [0.05, 0.1) is 16.1 Å². The standard InChI is InChI=1S/C9H4Cl2FN/c10-7-4-3-6(2-1-5-13)9(12)8(7)11/h1-4H/b2-1+. The van der Waals surface area contributed by atoms with Gasteiger partial charge >= 0.3 is 0 Å². The monoisotopic (exact) mass is 215 g/mol. The Hall–Kier alpha value is -1.04. The summed E-state index contributed by atoms with van der Waals surface area (Å²) in [7, 11) is 0. The Bertz CT molecular complexity index is 393. The van der Waals surface area contributed by atoms with Crippen LogP contribution in [0.1, 0.15) is 5.56 Å². The van der Waals surface area contributed by atoms with Crippen molar-refractivity contribution in [2.45, 2.75) is 0 Å². The number of hydrogen-bond acceptors (Lipinski definition) is 1. The van der Waals surface area contributed by atoms with Crippen LogP contribution in [0, 0.1) is 17.1 Å². The van der Waals surface area contributed by atoms with Crippen molar-refractivity contribution in [1.82, 2.24) is 0 Å². The highest BCUT2D eigenvalue weighted by Gasteiger charge is 2.07. The summed E-state index contributed by atoms with van der Waals surface area (Å²) in [5, 5.41) is 8.26. The molecule has 4 heteroatoms. The molecule has 0 aromatic heterocycles. The Morgan fingerprint density at radius 1 is 1.38 bits per heavy atom. The number of nitriles is 1. The molecule has 0 bridgehead atoms. The van der Waals surface area contributed by atoms with Gasteiger partial charge in [0, 0.05) is 11.6 Å². The van der Waals surface area contributed by atoms with Crippen molar-refractivity contribution in [3.63, 3.8) is 0 Å². The Morgan fingerprint density at radius 3 is 2.69 bits per heavy atom. The molecule has 0 aliphatic rings. The molecule has 0 saturated heterocycles. The van der Waals surface area contributed by atoms with Gasteiger partial charge in [0.2, 0.25) is 0 Å².